The summed E-state index contributed by atoms with van der Waals surface area (Å²) < 4.78 is 0. The van der Waals surface area contributed by atoms with Crippen LogP contribution < -0.4 is 11.1 Å². The van der Waals surface area contributed by atoms with Crippen molar-refractivity contribution >= 4 is 11.6 Å². The van der Waals surface area contributed by atoms with Crippen molar-refractivity contribution in [1.29, 1.82) is 0 Å². The summed E-state index contributed by atoms with van der Waals surface area (Å²) in [5.74, 6) is -0.246. The highest BCUT2D eigenvalue weighted by molar-refractivity contribution is 6.00. The summed E-state index contributed by atoms with van der Waals surface area (Å²) in [5.41, 5.74) is 7.08. The monoisotopic (exact) mass is 236 g/mol. The van der Waals surface area contributed by atoms with Crippen LogP contribution in [0.5, 0.6) is 0 Å². The Labute approximate surface area is 102 Å². The lowest BCUT2D eigenvalue weighted by atomic mass is 9.99. The minimum atomic E-state index is -0.604. The molecule has 1 amide bonds. The van der Waals surface area contributed by atoms with Gasteiger partial charge in [0.1, 0.15) is 0 Å². The molecule has 0 saturated heterocycles. The SMILES string of the molecule is CCC(C)(CO)NC(=O)c1cccc(C)c1N. The largest absolute Gasteiger partial charge is 0.398 e. The fourth-order valence-electron chi connectivity index (χ4n) is 1.46. The van der Waals surface area contributed by atoms with Gasteiger partial charge in [-0.1, -0.05) is 19.1 Å². The minimum absolute atomic E-state index is 0.0963. The Morgan fingerprint density at radius 3 is 2.71 bits per heavy atom. The molecule has 0 heterocycles. The van der Waals surface area contributed by atoms with Crippen molar-refractivity contribution in [3.63, 3.8) is 0 Å². The van der Waals surface area contributed by atoms with Crippen LogP contribution in [0.15, 0.2) is 18.2 Å². The maximum Gasteiger partial charge on any atom is 0.253 e. The van der Waals surface area contributed by atoms with Gasteiger partial charge in [-0.2, -0.15) is 0 Å². The standard InChI is InChI=1S/C13H20N2O2/c1-4-13(3,8-16)15-12(17)10-7-5-6-9(2)11(10)14/h5-7,16H,4,8,14H2,1-3H3,(H,15,17). The van der Waals surface area contributed by atoms with Crippen LogP contribution in [0.3, 0.4) is 0 Å². The molecule has 1 rings (SSSR count). The van der Waals surface area contributed by atoms with E-state index in [0.717, 1.165) is 5.56 Å². The highest BCUT2D eigenvalue weighted by atomic mass is 16.3. The number of amides is 1. The Kier molecular flexibility index (Phi) is 4.12. The van der Waals surface area contributed by atoms with Gasteiger partial charge >= 0.3 is 0 Å². The van der Waals surface area contributed by atoms with Crippen molar-refractivity contribution in [2.75, 3.05) is 12.3 Å². The normalized spacial score (nSPS) is 14.1. The first-order valence-corrected chi connectivity index (χ1v) is 5.72. The molecule has 0 bridgehead atoms. The summed E-state index contributed by atoms with van der Waals surface area (Å²) in [7, 11) is 0. The van der Waals surface area contributed by atoms with Gasteiger partial charge in [-0.15, -0.1) is 0 Å². The molecule has 17 heavy (non-hydrogen) atoms. The van der Waals surface area contributed by atoms with Gasteiger partial charge in [-0.05, 0) is 31.9 Å². The lowest BCUT2D eigenvalue weighted by molar-refractivity contribution is 0.0848. The number of nitrogens with two attached hydrogens (primary N) is 1. The number of nitrogens with one attached hydrogen (secondary N) is 1. The third kappa shape index (κ3) is 2.97. The van der Waals surface area contributed by atoms with Gasteiger partial charge in [-0.25, -0.2) is 0 Å². The second kappa shape index (κ2) is 5.19. The first-order valence-electron chi connectivity index (χ1n) is 5.72. The molecule has 1 atom stereocenters. The topological polar surface area (TPSA) is 75.3 Å². The van der Waals surface area contributed by atoms with Crippen LogP contribution in [0.4, 0.5) is 5.69 Å². The fraction of sp³-hybridized carbons (Fsp3) is 0.462. The van der Waals surface area contributed by atoms with Crippen molar-refractivity contribution in [2.45, 2.75) is 32.7 Å². The summed E-state index contributed by atoms with van der Waals surface area (Å²) >= 11 is 0. The smallest absolute Gasteiger partial charge is 0.253 e. The molecule has 1 unspecified atom stereocenters. The van der Waals surface area contributed by atoms with Gasteiger partial charge in [-0.3, -0.25) is 4.79 Å². The van der Waals surface area contributed by atoms with E-state index in [0.29, 0.717) is 17.7 Å². The molecule has 0 fully saturated rings. The van der Waals surface area contributed by atoms with Crippen LogP contribution in [0.1, 0.15) is 36.2 Å². The van der Waals surface area contributed by atoms with Crippen molar-refractivity contribution in [1.82, 2.24) is 5.32 Å². The summed E-state index contributed by atoms with van der Waals surface area (Å²) in [6.07, 6.45) is 0.654. The summed E-state index contributed by atoms with van der Waals surface area (Å²) in [6.45, 7) is 5.48. The number of benzene rings is 1. The summed E-state index contributed by atoms with van der Waals surface area (Å²) in [6, 6.07) is 5.34. The van der Waals surface area contributed by atoms with Gasteiger partial charge in [0, 0.05) is 5.69 Å². The molecule has 1 aromatic rings. The first kappa shape index (κ1) is 13.5. The zero-order valence-electron chi connectivity index (χ0n) is 10.6. The number of aryl methyl sites for hydroxylation is 1. The molecule has 4 N–H and O–H groups in total. The van der Waals surface area contributed by atoms with Crippen LogP contribution >= 0.6 is 0 Å². The number of hydrogen-bond donors (Lipinski definition) is 3. The number of aliphatic hydroxyl groups excluding tert-OH is 1. The van der Waals surface area contributed by atoms with E-state index in [4.69, 9.17) is 5.73 Å². The minimum Gasteiger partial charge on any atom is -0.398 e. The molecule has 4 heteroatoms. The maximum absolute atomic E-state index is 12.0. The van der Waals surface area contributed by atoms with E-state index in [1.807, 2.05) is 19.9 Å². The van der Waals surface area contributed by atoms with Crippen LogP contribution in [-0.4, -0.2) is 23.2 Å². The maximum atomic E-state index is 12.0. The molecule has 0 saturated carbocycles. The van der Waals surface area contributed by atoms with E-state index in [9.17, 15) is 9.90 Å². The van der Waals surface area contributed by atoms with Crippen LogP contribution in [0, 0.1) is 6.92 Å². The Bertz CT molecular complexity index is 412. The highest BCUT2D eigenvalue weighted by Gasteiger charge is 2.24. The van der Waals surface area contributed by atoms with Gasteiger partial charge < -0.3 is 16.2 Å². The lowest BCUT2D eigenvalue weighted by Crippen LogP contribution is -2.48. The molecule has 0 aromatic heterocycles. The first-order chi connectivity index (χ1) is 7.93. The predicted octanol–water partition coefficient (Wildman–Crippen LogP) is 1.47. The number of anilines is 1. The molecule has 1 aromatic carbocycles. The van der Waals surface area contributed by atoms with E-state index in [1.54, 1.807) is 19.1 Å². The molecule has 0 aliphatic carbocycles. The average molecular weight is 236 g/mol. The number of carbonyl (C=O) groups is 1. The molecule has 0 spiro atoms. The Morgan fingerprint density at radius 2 is 2.18 bits per heavy atom. The number of carbonyl (C=O) groups excluding carboxylic acids is 1. The highest BCUT2D eigenvalue weighted by Crippen LogP contribution is 2.18. The summed E-state index contributed by atoms with van der Waals surface area (Å²) in [5, 5.41) is 12.1. The number of aliphatic hydroxyl groups is 1. The van der Waals surface area contributed by atoms with Gasteiger partial charge in [0.2, 0.25) is 0 Å². The van der Waals surface area contributed by atoms with E-state index in [-0.39, 0.29) is 12.5 Å². The van der Waals surface area contributed by atoms with Crippen molar-refractivity contribution < 1.29 is 9.90 Å². The van der Waals surface area contributed by atoms with Crippen LogP contribution in [-0.2, 0) is 0 Å². The molecule has 0 radical (unpaired) electrons. The zero-order chi connectivity index (χ0) is 13.1. The van der Waals surface area contributed by atoms with Gasteiger partial charge in [0.15, 0.2) is 0 Å². The number of hydrogen-bond acceptors (Lipinski definition) is 3. The predicted molar refractivity (Wildman–Crippen MR) is 68.8 cm³/mol. The van der Waals surface area contributed by atoms with E-state index >= 15 is 0 Å². The number of para-hydroxylation sites is 1. The molecule has 4 nitrogen and oxygen atoms in total. The van der Waals surface area contributed by atoms with Crippen molar-refractivity contribution in [2.24, 2.45) is 0 Å². The summed E-state index contributed by atoms with van der Waals surface area (Å²) in [4.78, 5) is 12.0. The third-order valence-corrected chi connectivity index (χ3v) is 3.11. The molecule has 94 valence electrons. The lowest BCUT2D eigenvalue weighted by Gasteiger charge is -2.27. The average Bonchev–Trinajstić information content (AvgIpc) is 2.32. The van der Waals surface area contributed by atoms with Gasteiger partial charge in [0.25, 0.3) is 5.91 Å². The second-order valence-corrected chi connectivity index (χ2v) is 4.56. The Morgan fingerprint density at radius 1 is 1.53 bits per heavy atom. The van der Waals surface area contributed by atoms with Crippen molar-refractivity contribution in [3.8, 4) is 0 Å². The number of nitrogen functional groups attached to an aromatic ring is 1. The molecular formula is C13H20N2O2. The van der Waals surface area contributed by atoms with E-state index in [1.165, 1.54) is 0 Å². The Balaban J connectivity index is 2.94. The molecular weight excluding hydrogens is 216 g/mol. The quantitative estimate of drug-likeness (QED) is 0.693. The second-order valence-electron chi connectivity index (χ2n) is 4.56. The number of rotatable bonds is 4. The van der Waals surface area contributed by atoms with E-state index < -0.39 is 5.54 Å². The zero-order valence-corrected chi connectivity index (χ0v) is 10.6. The van der Waals surface area contributed by atoms with Crippen LogP contribution in [0.2, 0.25) is 0 Å². The molecule has 0 aliphatic heterocycles. The Hall–Kier alpha value is -1.55. The third-order valence-electron chi connectivity index (χ3n) is 3.11. The van der Waals surface area contributed by atoms with Crippen molar-refractivity contribution in [3.05, 3.63) is 29.3 Å². The van der Waals surface area contributed by atoms with Gasteiger partial charge in [0.05, 0.1) is 17.7 Å². The molecule has 0 aliphatic rings. The fourth-order valence-corrected chi connectivity index (χ4v) is 1.46. The van der Waals surface area contributed by atoms with Crippen LogP contribution in [0.25, 0.3) is 0 Å². The van der Waals surface area contributed by atoms with E-state index in [2.05, 4.69) is 5.32 Å².